The molecule has 5 heteroatoms. The molecule has 0 aliphatic carbocycles. The zero-order chi connectivity index (χ0) is 9.97. The maximum absolute atomic E-state index is 5.93. The van der Waals surface area contributed by atoms with Gasteiger partial charge in [-0.05, 0) is 18.2 Å². The summed E-state index contributed by atoms with van der Waals surface area (Å²) in [6, 6.07) is 5.12. The SMILES string of the molecule is Nc1ccc(Oc2cncs2)c(Cl)c1. The number of nitrogen functional groups attached to an aromatic ring is 1. The van der Waals surface area contributed by atoms with Crippen molar-refractivity contribution in [3.8, 4) is 10.8 Å². The molecule has 2 rings (SSSR count). The molecule has 0 saturated carbocycles. The summed E-state index contributed by atoms with van der Waals surface area (Å²) in [6.07, 6.45) is 1.64. The Hall–Kier alpha value is -1.26. The fourth-order valence-electron chi connectivity index (χ4n) is 0.963. The van der Waals surface area contributed by atoms with Gasteiger partial charge >= 0.3 is 0 Å². The summed E-state index contributed by atoms with van der Waals surface area (Å²) in [7, 11) is 0. The topological polar surface area (TPSA) is 48.1 Å². The minimum atomic E-state index is 0.499. The molecular formula is C9H7ClN2OS. The van der Waals surface area contributed by atoms with Crippen molar-refractivity contribution < 1.29 is 4.74 Å². The number of nitrogens with zero attached hydrogens (tertiary/aromatic N) is 1. The van der Waals surface area contributed by atoms with E-state index in [-0.39, 0.29) is 0 Å². The quantitative estimate of drug-likeness (QED) is 0.801. The van der Waals surface area contributed by atoms with E-state index in [2.05, 4.69) is 4.98 Å². The highest BCUT2D eigenvalue weighted by atomic mass is 35.5. The molecule has 0 fully saturated rings. The molecule has 72 valence electrons. The van der Waals surface area contributed by atoms with Gasteiger partial charge < -0.3 is 10.5 Å². The second kappa shape index (κ2) is 3.86. The lowest BCUT2D eigenvalue weighted by Gasteiger charge is -2.04. The number of benzene rings is 1. The van der Waals surface area contributed by atoms with E-state index < -0.39 is 0 Å². The molecule has 1 aromatic carbocycles. The molecule has 0 spiro atoms. The molecule has 0 saturated heterocycles. The Kier molecular flexibility index (Phi) is 2.56. The summed E-state index contributed by atoms with van der Waals surface area (Å²) in [4.78, 5) is 3.89. The summed E-state index contributed by atoms with van der Waals surface area (Å²) >= 11 is 7.33. The number of ether oxygens (including phenoxy) is 1. The lowest BCUT2D eigenvalue weighted by atomic mass is 10.3. The fourth-order valence-corrected chi connectivity index (χ4v) is 1.68. The van der Waals surface area contributed by atoms with Crippen molar-refractivity contribution >= 4 is 28.6 Å². The zero-order valence-electron chi connectivity index (χ0n) is 7.11. The predicted molar refractivity (Wildman–Crippen MR) is 58.1 cm³/mol. The molecule has 14 heavy (non-hydrogen) atoms. The lowest BCUT2D eigenvalue weighted by Crippen LogP contribution is -1.86. The predicted octanol–water partition coefficient (Wildman–Crippen LogP) is 3.17. The summed E-state index contributed by atoms with van der Waals surface area (Å²) in [5, 5.41) is 1.20. The van der Waals surface area contributed by atoms with E-state index in [4.69, 9.17) is 22.1 Å². The number of aromatic nitrogens is 1. The minimum absolute atomic E-state index is 0.499. The largest absolute Gasteiger partial charge is 0.443 e. The average Bonchev–Trinajstić information content (AvgIpc) is 2.62. The molecule has 0 atom stereocenters. The number of thiazole rings is 1. The number of hydrogen-bond acceptors (Lipinski definition) is 4. The van der Waals surface area contributed by atoms with Crippen LogP contribution in [0.15, 0.2) is 29.9 Å². The molecule has 2 aromatic rings. The highest BCUT2D eigenvalue weighted by molar-refractivity contribution is 7.11. The molecular weight excluding hydrogens is 220 g/mol. The zero-order valence-corrected chi connectivity index (χ0v) is 8.68. The van der Waals surface area contributed by atoms with Crippen molar-refractivity contribution in [3.05, 3.63) is 34.9 Å². The Balaban J connectivity index is 2.25. The Morgan fingerprint density at radius 3 is 2.93 bits per heavy atom. The van der Waals surface area contributed by atoms with Crippen LogP contribution < -0.4 is 10.5 Å². The summed E-state index contributed by atoms with van der Waals surface area (Å²) in [5.41, 5.74) is 7.86. The Labute approximate surface area is 90.1 Å². The van der Waals surface area contributed by atoms with Gasteiger partial charge in [0.1, 0.15) is 5.75 Å². The van der Waals surface area contributed by atoms with Gasteiger partial charge in [0.25, 0.3) is 0 Å². The lowest BCUT2D eigenvalue weighted by molar-refractivity contribution is 0.495. The van der Waals surface area contributed by atoms with Crippen molar-refractivity contribution in [1.82, 2.24) is 4.98 Å². The van der Waals surface area contributed by atoms with Crippen molar-refractivity contribution in [3.63, 3.8) is 0 Å². The molecule has 2 N–H and O–H groups in total. The molecule has 0 aliphatic heterocycles. The first-order valence-electron chi connectivity index (χ1n) is 3.87. The van der Waals surface area contributed by atoms with Crippen molar-refractivity contribution in [2.24, 2.45) is 0 Å². The van der Waals surface area contributed by atoms with Crippen LogP contribution in [0, 0.1) is 0 Å². The smallest absolute Gasteiger partial charge is 0.200 e. The number of rotatable bonds is 2. The third-order valence-corrected chi connectivity index (χ3v) is 2.52. The average molecular weight is 227 g/mol. The van der Waals surface area contributed by atoms with Crippen LogP contribution in [0.2, 0.25) is 5.02 Å². The van der Waals surface area contributed by atoms with Crippen LogP contribution in [-0.4, -0.2) is 4.98 Å². The minimum Gasteiger partial charge on any atom is -0.443 e. The molecule has 0 amide bonds. The molecule has 3 nitrogen and oxygen atoms in total. The third kappa shape index (κ3) is 1.97. The normalized spacial score (nSPS) is 10.1. The molecule has 0 aliphatic rings. The van der Waals surface area contributed by atoms with Gasteiger partial charge in [-0.1, -0.05) is 22.9 Å². The van der Waals surface area contributed by atoms with Crippen molar-refractivity contribution in [2.75, 3.05) is 5.73 Å². The number of nitrogens with two attached hydrogens (primary N) is 1. The highest BCUT2D eigenvalue weighted by Gasteiger charge is 2.03. The fraction of sp³-hybridized carbons (Fsp3) is 0. The highest BCUT2D eigenvalue weighted by Crippen LogP contribution is 2.32. The number of anilines is 1. The Morgan fingerprint density at radius 2 is 2.29 bits per heavy atom. The number of hydrogen-bond donors (Lipinski definition) is 1. The molecule has 0 unspecified atom stereocenters. The van der Waals surface area contributed by atoms with E-state index in [0.717, 1.165) is 0 Å². The van der Waals surface area contributed by atoms with Crippen molar-refractivity contribution in [2.45, 2.75) is 0 Å². The first-order valence-corrected chi connectivity index (χ1v) is 5.13. The third-order valence-electron chi connectivity index (χ3n) is 1.58. The van der Waals surface area contributed by atoms with Gasteiger partial charge in [0, 0.05) is 5.69 Å². The Morgan fingerprint density at radius 1 is 1.43 bits per heavy atom. The van der Waals surface area contributed by atoms with Crippen LogP contribution in [0.4, 0.5) is 5.69 Å². The monoisotopic (exact) mass is 226 g/mol. The second-order valence-electron chi connectivity index (χ2n) is 2.61. The van der Waals surface area contributed by atoms with Gasteiger partial charge in [-0.15, -0.1) is 0 Å². The van der Waals surface area contributed by atoms with Crippen LogP contribution in [0.25, 0.3) is 0 Å². The first-order chi connectivity index (χ1) is 6.75. The van der Waals surface area contributed by atoms with Gasteiger partial charge in [0.15, 0.2) is 0 Å². The van der Waals surface area contributed by atoms with Gasteiger partial charge in [-0.2, -0.15) is 0 Å². The van der Waals surface area contributed by atoms with E-state index in [1.807, 2.05) is 0 Å². The Bertz CT molecular complexity index is 430. The van der Waals surface area contributed by atoms with Gasteiger partial charge in [0.2, 0.25) is 5.06 Å². The van der Waals surface area contributed by atoms with Gasteiger partial charge in [0.05, 0.1) is 16.7 Å². The second-order valence-corrected chi connectivity index (χ2v) is 3.87. The maximum Gasteiger partial charge on any atom is 0.200 e. The van der Waals surface area contributed by atoms with Crippen LogP contribution in [0.1, 0.15) is 0 Å². The van der Waals surface area contributed by atoms with E-state index in [1.54, 1.807) is 29.9 Å². The summed E-state index contributed by atoms with van der Waals surface area (Å²) in [6.45, 7) is 0. The maximum atomic E-state index is 5.93. The van der Waals surface area contributed by atoms with Crippen LogP contribution in [0.5, 0.6) is 10.8 Å². The van der Waals surface area contributed by atoms with Crippen LogP contribution in [-0.2, 0) is 0 Å². The summed E-state index contributed by atoms with van der Waals surface area (Å²) < 4.78 is 5.47. The van der Waals surface area contributed by atoms with E-state index in [0.29, 0.717) is 21.5 Å². The van der Waals surface area contributed by atoms with E-state index in [9.17, 15) is 0 Å². The van der Waals surface area contributed by atoms with Crippen LogP contribution in [0.3, 0.4) is 0 Å². The molecule has 1 aromatic heterocycles. The van der Waals surface area contributed by atoms with Gasteiger partial charge in [-0.25, -0.2) is 4.98 Å². The standard InChI is InChI=1S/C9H7ClN2OS/c10-7-3-6(11)1-2-8(7)13-9-4-12-5-14-9/h1-5H,11H2. The molecule has 0 radical (unpaired) electrons. The number of halogens is 1. The van der Waals surface area contributed by atoms with Crippen LogP contribution >= 0.6 is 22.9 Å². The molecule has 1 heterocycles. The van der Waals surface area contributed by atoms with E-state index >= 15 is 0 Å². The van der Waals surface area contributed by atoms with Crippen molar-refractivity contribution in [1.29, 1.82) is 0 Å². The van der Waals surface area contributed by atoms with E-state index in [1.165, 1.54) is 11.3 Å². The molecule has 0 bridgehead atoms. The summed E-state index contributed by atoms with van der Waals surface area (Å²) in [5.74, 6) is 0.588. The van der Waals surface area contributed by atoms with Gasteiger partial charge in [-0.3, -0.25) is 0 Å². The first kappa shape index (κ1) is 9.30.